The molecule has 2 heterocycles. The van der Waals surface area contributed by atoms with Crippen LogP contribution in [0.1, 0.15) is 11.7 Å². The average molecular weight is 311 g/mol. The fraction of sp³-hybridized carbons (Fsp3) is 0.0476. The van der Waals surface area contributed by atoms with E-state index in [1.165, 1.54) is 0 Å². The lowest BCUT2D eigenvalue weighted by atomic mass is 10.0. The first-order chi connectivity index (χ1) is 11.9. The van der Waals surface area contributed by atoms with Gasteiger partial charge in [-0.25, -0.2) is 0 Å². The third-order valence-electron chi connectivity index (χ3n) is 4.06. The van der Waals surface area contributed by atoms with Gasteiger partial charge < -0.3 is 4.90 Å². The molecule has 0 radical (unpaired) electrons. The SMILES string of the molecule is C1=CN(c2ccccc2)C(c2cccc(-c3cccnc3)c2)N=C1. The number of benzene rings is 2. The number of pyridine rings is 1. The van der Waals surface area contributed by atoms with Crippen molar-refractivity contribution in [3.8, 4) is 11.1 Å². The Labute approximate surface area is 141 Å². The molecule has 0 N–H and O–H groups in total. The molecule has 0 bridgehead atoms. The molecule has 3 heteroatoms. The van der Waals surface area contributed by atoms with Crippen LogP contribution >= 0.6 is 0 Å². The van der Waals surface area contributed by atoms with Crippen LogP contribution in [0.5, 0.6) is 0 Å². The van der Waals surface area contributed by atoms with E-state index >= 15 is 0 Å². The number of hydrogen-bond acceptors (Lipinski definition) is 3. The molecule has 2 aromatic carbocycles. The highest BCUT2D eigenvalue weighted by Crippen LogP contribution is 2.32. The molecule has 0 saturated heterocycles. The van der Waals surface area contributed by atoms with E-state index in [2.05, 4.69) is 58.5 Å². The summed E-state index contributed by atoms with van der Waals surface area (Å²) in [6, 6.07) is 22.8. The number of nitrogens with zero attached hydrogens (tertiary/aromatic N) is 3. The van der Waals surface area contributed by atoms with E-state index in [9.17, 15) is 0 Å². The van der Waals surface area contributed by atoms with Crippen LogP contribution in [0.3, 0.4) is 0 Å². The van der Waals surface area contributed by atoms with Crippen molar-refractivity contribution in [2.24, 2.45) is 4.99 Å². The molecule has 1 aliphatic heterocycles. The van der Waals surface area contributed by atoms with Gasteiger partial charge in [0.2, 0.25) is 0 Å². The zero-order valence-electron chi connectivity index (χ0n) is 13.2. The maximum atomic E-state index is 4.69. The summed E-state index contributed by atoms with van der Waals surface area (Å²) in [5.41, 5.74) is 4.54. The summed E-state index contributed by atoms with van der Waals surface area (Å²) < 4.78 is 0. The Hall–Kier alpha value is -3.20. The number of anilines is 1. The third-order valence-corrected chi connectivity index (χ3v) is 4.06. The van der Waals surface area contributed by atoms with Gasteiger partial charge >= 0.3 is 0 Å². The minimum absolute atomic E-state index is 0.0611. The van der Waals surface area contributed by atoms with Gasteiger partial charge in [0.05, 0.1) is 0 Å². The van der Waals surface area contributed by atoms with Crippen LogP contribution in [-0.4, -0.2) is 11.2 Å². The molecule has 24 heavy (non-hydrogen) atoms. The lowest BCUT2D eigenvalue weighted by Gasteiger charge is -2.30. The second kappa shape index (κ2) is 6.50. The molecule has 0 amide bonds. The van der Waals surface area contributed by atoms with Crippen molar-refractivity contribution in [1.29, 1.82) is 0 Å². The van der Waals surface area contributed by atoms with Crippen molar-refractivity contribution < 1.29 is 0 Å². The molecule has 4 rings (SSSR count). The van der Waals surface area contributed by atoms with Crippen LogP contribution in [0.15, 0.2) is 96.4 Å². The van der Waals surface area contributed by atoms with E-state index in [0.717, 1.165) is 22.4 Å². The molecular weight excluding hydrogens is 294 g/mol. The number of aromatic nitrogens is 1. The van der Waals surface area contributed by atoms with Crippen molar-refractivity contribution in [2.75, 3.05) is 4.90 Å². The predicted octanol–water partition coefficient (Wildman–Crippen LogP) is 4.85. The van der Waals surface area contributed by atoms with Crippen molar-refractivity contribution >= 4 is 11.9 Å². The quantitative estimate of drug-likeness (QED) is 0.691. The van der Waals surface area contributed by atoms with Crippen molar-refractivity contribution in [2.45, 2.75) is 6.17 Å². The van der Waals surface area contributed by atoms with Gasteiger partial charge in [0, 0.05) is 30.5 Å². The molecule has 0 fully saturated rings. The Morgan fingerprint density at radius 3 is 2.54 bits per heavy atom. The van der Waals surface area contributed by atoms with Gasteiger partial charge in [-0.2, -0.15) is 0 Å². The van der Waals surface area contributed by atoms with Crippen LogP contribution in [0, 0.1) is 0 Å². The summed E-state index contributed by atoms with van der Waals surface area (Å²) in [5, 5.41) is 0. The molecule has 0 spiro atoms. The predicted molar refractivity (Wildman–Crippen MR) is 99.0 cm³/mol. The fourth-order valence-corrected chi connectivity index (χ4v) is 2.90. The Bertz CT molecular complexity index is 870. The highest BCUT2D eigenvalue weighted by atomic mass is 15.2. The first kappa shape index (κ1) is 14.4. The van der Waals surface area contributed by atoms with Gasteiger partial charge in [-0.3, -0.25) is 9.98 Å². The Morgan fingerprint density at radius 2 is 1.71 bits per heavy atom. The van der Waals surface area contributed by atoms with E-state index < -0.39 is 0 Å². The maximum absolute atomic E-state index is 4.69. The Kier molecular flexibility index (Phi) is 3.90. The van der Waals surface area contributed by atoms with Gasteiger partial charge in [0.15, 0.2) is 6.17 Å². The van der Waals surface area contributed by atoms with E-state index in [0.29, 0.717) is 0 Å². The van der Waals surface area contributed by atoms with Crippen LogP contribution in [0.25, 0.3) is 11.1 Å². The summed E-state index contributed by atoms with van der Waals surface area (Å²) in [7, 11) is 0. The fourth-order valence-electron chi connectivity index (χ4n) is 2.90. The number of aliphatic imine (C=N–C) groups is 1. The molecule has 0 aliphatic carbocycles. The molecule has 0 saturated carbocycles. The summed E-state index contributed by atoms with van der Waals surface area (Å²) in [4.78, 5) is 11.1. The van der Waals surface area contributed by atoms with Gasteiger partial charge in [-0.1, -0.05) is 42.5 Å². The normalized spacial score (nSPS) is 16.3. The Balaban J connectivity index is 1.72. The molecule has 1 aliphatic rings. The topological polar surface area (TPSA) is 28.5 Å². The van der Waals surface area contributed by atoms with E-state index in [4.69, 9.17) is 4.99 Å². The molecule has 3 aromatic rings. The molecular formula is C21H17N3. The third kappa shape index (κ3) is 2.84. The minimum atomic E-state index is -0.0611. The number of rotatable bonds is 3. The molecule has 3 nitrogen and oxygen atoms in total. The standard InChI is InChI=1S/C21H17N3/c1-2-10-20(11-3-1)24-14-6-13-23-21(24)18-8-4-7-17(15-18)19-9-5-12-22-16-19/h1-16,21H. The van der Waals surface area contributed by atoms with Gasteiger partial charge in [0.1, 0.15) is 0 Å². The van der Waals surface area contributed by atoms with E-state index in [-0.39, 0.29) is 6.17 Å². The molecule has 1 unspecified atom stereocenters. The van der Waals surface area contributed by atoms with Crippen LogP contribution in [0.4, 0.5) is 5.69 Å². The maximum Gasteiger partial charge on any atom is 0.150 e. The summed E-state index contributed by atoms with van der Waals surface area (Å²) >= 11 is 0. The largest absolute Gasteiger partial charge is 0.322 e. The zero-order valence-corrected chi connectivity index (χ0v) is 13.2. The smallest absolute Gasteiger partial charge is 0.150 e. The lowest BCUT2D eigenvalue weighted by molar-refractivity contribution is 0.730. The average Bonchev–Trinajstić information content (AvgIpc) is 2.69. The summed E-state index contributed by atoms with van der Waals surface area (Å²) in [6.45, 7) is 0. The highest BCUT2D eigenvalue weighted by Gasteiger charge is 2.19. The minimum Gasteiger partial charge on any atom is -0.322 e. The summed E-state index contributed by atoms with van der Waals surface area (Å²) in [6.07, 6.45) is 9.52. The number of allylic oxidation sites excluding steroid dienone is 1. The molecule has 1 atom stereocenters. The Morgan fingerprint density at radius 1 is 0.833 bits per heavy atom. The number of para-hydroxylation sites is 1. The first-order valence-corrected chi connectivity index (χ1v) is 7.95. The number of hydrogen-bond donors (Lipinski definition) is 0. The van der Waals surface area contributed by atoms with Crippen LogP contribution in [0.2, 0.25) is 0 Å². The van der Waals surface area contributed by atoms with Crippen molar-refractivity contribution in [1.82, 2.24) is 4.98 Å². The van der Waals surface area contributed by atoms with Crippen LogP contribution in [-0.2, 0) is 0 Å². The summed E-state index contributed by atoms with van der Waals surface area (Å²) in [5.74, 6) is 0. The second-order valence-corrected chi connectivity index (χ2v) is 5.62. The van der Waals surface area contributed by atoms with E-state index in [1.54, 1.807) is 6.20 Å². The van der Waals surface area contributed by atoms with Gasteiger partial charge in [-0.15, -0.1) is 0 Å². The molecule has 116 valence electrons. The zero-order chi connectivity index (χ0) is 16.2. The molecule has 1 aromatic heterocycles. The van der Waals surface area contributed by atoms with Crippen molar-refractivity contribution in [3.05, 3.63) is 97.0 Å². The van der Waals surface area contributed by atoms with Crippen LogP contribution < -0.4 is 4.90 Å². The second-order valence-electron chi connectivity index (χ2n) is 5.62. The van der Waals surface area contributed by atoms with Gasteiger partial charge in [0.25, 0.3) is 0 Å². The first-order valence-electron chi connectivity index (χ1n) is 7.95. The monoisotopic (exact) mass is 311 g/mol. The van der Waals surface area contributed by atoms with Gasteiger partial charge in [-0.05, 0) is 47.0 Å². The lowest BCUT2D eigenvalue weighted by Crippen LogP contribution is -2.23. The highest BCUT2D eigenvalue weighted by molar-refractivity contribution is 5.75. The van der Waals surface area contributed by atoms with Crippen molar-refractivity contribution in [3.63, 3.8) is 0 Å². The van der Waals surface area contributed by atoms with E-state index in [1.807, 2.05) is 42.8 Å².